The predicted molar refractivity (Wildman–Crippen MR) is 90.5 cm³/mol. The van der Waals surface area contributed by atoms with E-state index in [0.29, 0.717) is 23.2 Å². The lowest BCUT2D eigenvalue weighted by molar-refractivity contribution is 0.728. The van der Waals surface area contributed by atoms with Gasteiger partial charge in [0.25, 0.3) is 0 Å². The number of thioether (sulfide) groups is 1. The fraction of sp³-hybridized carbons (Fsp3) is 0.308. The molecule has 2 aromatic rings. The van der Waals surface area contributed by atoms with Gasteiger partial charge in [-0.1, -0.05) is 23.4 Å². The van der Waals surface area contributed by atoms with Crippen LogP contribution in [0.2, 0.25) is 5.02 Å². The molecule has 0 aliphatic heterocycles. The Morgan fingerprint density at radius 2 is 1.90 bits per heavy atom. The van der Waals surface area contributed by atoms with E-state index in [1.165, 1.54) is 11.8 Å². The maximum atomic E-state index is 6.36. The first kappa shape index (κ1) is 18.5. The van der Waals surface area contributed by atoms with Gasteiger partial charge in [0, 0.05) is 43.3 Å². The molecular formula is C13H15Cl3N4S. The van der Waals surface area contributed by atoms with E-state index in [2.05, 4.69) is 20.3 Å². The highest BCUT2D eigenvalue weighted by Crippen LogP contribution is 2.25. The highest BCUT2D eigenvalue weighted by Gasteiger charge is 2.08. The number of rotatable bonds is 7. The van der Waals surface area contributed by atoms with Crippen LogP contribution in [0, 0.1) is 0 Å². The van der Waals surface area contributed by atoms with Crippen LogP contribution in [0.25, 0.3) is 0 Å². The van der Waals surface area contributed by atoms with Gasteiger partial charge >= 0.3 is 0 Å². The third-order valence-electron chi connectivity index (χ3n) is 2.51. The zero-order valence-electron chi connectivity index (χ0n) is 11.1. The van der Waals surface area contributed by atoms with Crippen molar-refractivity contribution < 1.29 is 0 Å². The maximum absolute atomic E-state index is 6.36. The second-order valence-electron chi connectivity index (χ2n) is 3.92. The molecule has 4 nitrogen and oxygen atoms in total. The number of alkyl halides is 1. The number of nitrogens with zero attached hydrogens (tertiary/aromatic N) is 3. The first-order valence-electron chi connectivity index (χ1n) is 6.10. The normalized spacial score (nSPS) is 10.2. The van der Waals surface area contributed by atoms with E-state index in [1.54, 1.807) is 24.7 Å². The molecule has 0 unspecified atom stereocenters. The van der Waals surface area contributed by atoms with Crippen LogP contribution < -0.4 is 5.32 Å². The summed E-state index contributed by atoms with van der Waals surface area (Å²) < 4.78 is 0. The fourth-order valence-corrected chi connectivity index (χ4v) is 2.77. The highest BCUT2D eigenvalue weighted by molar-refractivity contribution is 7.98. The Labute approximate surface area is 144 Å². The molecule has 0 bridgehead atoms. The molecule has 2 heterocycles. The summed E-state index contributed by atoms with van der Waals surface area (Å²) >= 11 is 13.5. The number of aromatic nitrogens is 3. The molecule has 21 heavy (non-hydrogen) atoms. The van der Waals surface area contributed by atoms with Gasteiger partial charge in [-0.2, -0.15) is 0 Å². The summed E-state index contributed by atoms with van der Waals surface area (Å²) in [7, 11) is 0. The molecule has 2 aromatic heterocycles. The smallest absolute Gasteiger partial charge is 0.187 e. The first-order chi connectivity index (χ1) is 9.81. The first-order valence-corrected chi connectivity index (χ1v) is 8.00. The van der Waals surface area contributed by atoms with Crippen molar-refractivity contribution in [2.24, 2.45) is 0 Å². The van der Waals surface area contributed by atoms with Gasteiger partial charge in [0.1, 0.15) is 0 Å². The number of hydrogen-bond acceptors (Lipinski definition) is 5. The molecule has 0 aliphatic rings. The molecule has 0 aromatic carbocycles. The molecule has 1 N–H and O–H groups in total. The zero-order valence-corrected chi connectivity index (χ0v) is 14.3. The van der Waals surface area contributed by atoms with Crippen LogP contribution >= 0.6 is 47.4 Å². The van der Waals surface area contributed by atoms with Crippen LogP contribution in [0.4, 0.5) is 0 Å². The van der Waals surface area contributed by atoms with Crippen molar-refractivity contribution in [1.29, 1.82) is 0 Å². The van der Waals surface area contributed by atoms with Gasteiger partial charge in [0.05, 0.1) is 10.7 Å². The molecule has 0 spiro atoms. The van der Waals surface area contributed by atoms with E-state index in [-0.39, 0.29) is 12.4 Å². The van der Waals surface area contributed by atoms with Crippen LogP contribution in [-0.2, 0) is 12.3 Å². The molecular weight excluding hydrogens is 351 g/mol. The molecule has 0 aliphatic carbocycles. The van der Waals surface area contributed by atoms with Crippen molar-refractivity contribution in [3.8, 4) is 0 Å². The molecule has 0 saturated carbocycles. The average molecular weight is 366 g/mol. The van der Waals surface area contributed by atoms with Gasteiger partial charge in [0.15, 0.2) is 5.16 Å². The standard InChI is InChI=1S/C13H14Cl2N4S.ClH/c14-3-7-16-8-10-2-6-17-11(12(10)15)9-20-13-18-4-1-5-19-13;/h1-2,4-6,16H,3,7-9H2;1H. The van der Waals surface area contributed by atoms with Crippen molar-refractivity contribution in [1.82, 2.24) is 20.3 Å². The Morgan fingerprint density at radius 3 is 2.62 bits per heavy atom. The van der Waals surface area contributed by atoms with Gasteiger partial charge < -0.3 is 5.32 Å². The van der Waals surface area contributed by atoms with Gasteiger partial charge in [-0.15, -0.1) is 24.0 Å². The van der Waals surface area contributed by atoms with Gasteiger partial charge in [-0.05, 0) is 17.7 Å². The van der Waals surface area contributed by atoms with E-state index < -0.39 is 0 Å². The topological polar surface area (TPSA) is 50.7 Å². The number of halogens is 3. The molecule has 0 radical (unpaired) electrons. The lowest BCUT2D eigenvalue weighted by Gasteiger charge is -2.08. The van der Waals surface area contributed by atoms with Crippen molar-refractivity contribution >= 4 is 47.4 Å². The second-order valence-corrected chi connectivity index (χ2v) is 5.61. The van der Waals surface area contributed by atoms with Gasteiger partial charge in [0.2, 0.25) is 0 Å². The monoisotopic (exact) mass is 364 g/mol. The van der Waals surface area contributed by atoms with Gasteiger partial charge in [-0.25, -0.2) is 9.97 Å². The van der Waals surface area contributed by atoms with Crippen LogP contribution in [0.15, 0.2) is 35.9 Å². The van der Waals surface area contributed by atoms with E-state index in [9.17, 15) is 0 Å². The summed E-state index contributed by atoms with van der Waals surface area (Å²) in [6.07, 6.45) is 5.21. The second kappa shape index (κ2) is 10.2. The molecule has 114 valence electrons. The molecule has 0 fully saturated rings. The summed E-state index contributed by atoms with van der Waals surface area (Å²) in [5.74, 6) is 1.23. The molecule has 0 atom stereocenters. The number of nitrogens with one attached hydrogen (secondary N) is 1. The minimum atomic E-state index is 0. The Hall–Kier alpha value is -0.590. The Morgan fingerprint density at radius 1 is 1.14 bits per heavy atom. The quantitative estimate of drug-likeness (QED) is 0.352. The van der Waals surface area contributed by atoms with E-state index >= 15 is 0 Å². The zero-order chi connectivity index (χ0) is 14.2. The van der Waals surface area contributed by atoms with E-state index in [1.807, 2.05) is 6.07 Å². The van der Waals surface area contributed by atoms with Crippen LogP contribution in [0.5, 0.6) is 0 Å². The van der Waals surface area contributed by atoms with E-state index in [4.69, 9.17) is 23.2 Å². The average Bonchev–Trinajstić information content (AvgIpc) is 2.49. The summed E-state index contributed by atoms with van der Waals surface area (Å²) in [6, 6.07) is 3.70. The molecule has 2 rings (SSSR count). The molecule has 0 amide bonds. The highest BCUT2D eigenvalue weighted by atomic mass is 35.5. The number of pyridine rings is 1. The maximum Gasteiger partial charge on any atom is 0.187 e. The summed E-state index contributed by atoms with van der Waals surface area (Å²) in [6.45, 7) is 1.44. The largest absolute Gasteiger partial charge is 0.311 e. The lowest BCUT2D eigenvalue weighted by atomic mass is 10.2. The van der Waals surface area contributed by atoms with Crippen molar-refractivity contribution in [3.05, 3.63) is 47.0 Å². The fourth-order valence-electron chi connectivity index (χ4n) is 1.55. The molecule has 8 heteroatoms. The Bertz CT molecular complexity index is 542. The van der Waals surface area contributed by atoms with Crippen LogP contribution in [0.1, 0.15) is 11.3 Å². The van der Waals surface area contributed by atoms with Crippen molar-refractivity contribution in [2.75, 3.05) is 12.4 Å². The SMILES string of the molecule is Cl.ClCCNCc1ccnc(CSc2ncccn2)c1Cl. The number of hydrogen-bond donors (Lipinski definition) is 1. The summed E-state index contributed by atoms with van der Waals surface area (Å²) in [4.78, 5) is 12.6. The predicted octanol–water partition coefficient (Wildman–Crippen LogP) is 3.57. The van der Waals surface area contributed by atoms with Crippen molar-refractivity contribution in [3.63, 3.8) is 0 Å². The summed E-state index contributed by atoms with van der Waals surface area (Å²) in [5, 5.41) is 4.63. The lowest BCUT2D eigenvalue weighted by Crippen LogP contribution is -2.16. The molecule has 0 saturated heterocycles. The van der Waals surface area contributed by atoms with Crippen LogP contribution in [0.3, 0.4) is 0 Å². The van der Waals surface area contributed by atoms with E-state index in [0.717, 1.165) is 23.0 Å². The Kier molecular flexibility index (Phi) is 8.96. The summed E-state index contributed by atoms with van der Waals surface area (Å²) in [5.41, 5.74) is 1.87. The Balaban J connectivity index is 0.00000220. The van der Waals surface area contributed by atoms with Gasteiger partial charge in [-0.3, -0.25) is 4.98 Å². The third kappa shape index (κ3) is 5.96. The van der Waals surface area contributed by atoms with Crippen molar-refractivity contribution in [2.45, 2.75) is 17.5 Å². The van der Waals surface area contributed by atoms with Crippen LogP contribution in [-0.4, -0.2) is 27.4 Å². The minimum Gasteiger partial charge on any atom is -0.311 e. The minimum absolute atomic E-state index is 0. The third-order valence-corrected chi connectivity index (χ3v) is 4.04.